The van der Waals surface area contributed by atoms with Gasteiger partial charge < -0.3 is 5.73 Å². The predicted molar refractivity (Wildman–Crippen MR) is 73.2 cm³/mol. The van der Waals surface area contributed by atoms with E-state index in [-0.39, 0.29) is 6.04 Å². The van der Waals surface area contributed by atoms with Crippen LogP contribution in [-0.4, -0.2) is 24.0 Å². The molecule has 1 aliphatic heterocycles. The van der Waals surface area contributed by atoms with Crippen molar-refractivity contribution < 1.29 is 0 Å². The molecule has 0 amide bonds. The zero-order valence-corrected chi connectivity index (χ0v) is 11.5. The first-order valence-electron chi connectivity index (χ1n) is 6.62. The normalized spacial score (nSPS) is 25.5. The van der Waals surface area contributed by atoms with Gasteiger partial charge in [-0.1, -0.05) is 24.6 Å². The monoisotopic (exact) mass is 232 g/mol. The van der Waals surface area contributed by atoms with Gasteiger partial charge >= 0.3 is 0 Å². The molecule has 0 saturated carbocycles. The van der Waals surface area contributed by atoms with Gasteiger partial charge in [-0.3, -0.25) is 4.90 Å². The third kappa shape index (κ3) is 2.24. The van der Waals surface area contributed by atoms with Crippen molar-refractivity contribution in [3.8, 4) is 0 Å². The number of benzene rings is 1. The number of aryl methyl sites for hydroxylation is 3. The molecule has 2 N–H and O–H groups in total. The summed E-state index contributed by atoms with van der Waals surface area (Å²) in [5.41, 5.74) is 11.9. The molecule has 1 aliphatic rings. The second kappa shape index (κ2) is 4.79. The molecular weight excluding hydrogens is 208 g/mol. The molecule has 2 heteroatoms. The summed E-state index contributed by atoms with van der Waals surface area (Å²) < 4.78 is 0. The molecule has 0 spiro atoms. The Bertz CT molecular complexity index is 388. The van der Waals surface area contributed by atoms with Gasteiger partial charge in [0.05, 0.1) is 6.04 Å². The highest BCUT2D eigenvalue weighted by atomic mass is 15.2. The van der Waals surface area contributed by atoms with Crippen LogP contribution in [0, 0.1) is 20.8 Å². The van der Waals surface area contributed by atoms with Crippen molar-refractivity contribution in [2.75, 3.05) is 13.1 Å². The summed E-state index contributed by atoms with van der Waals surface area (Å²) in [6.07, 6.45) is 1.12. The Morgan fingerprint density at radius 1 is 1.24 bits per heavy atom. The molecule has 1 aromatic rings. The molecule has 0 radical (unpaired) electrons. The molecule has 2 atom stereocenters. The van der Waals surface area contributed by atoms with E-state index in [0.717, 1.165) is 19.5 Å². The molecule has 94 valence electrons. The van der Waals surface area contributed by atoms with Gasteiger partial charge in [0.15, 0.2) is 0 Å². The van der Waals surface area contributed by atoms with Crippen LogP contribution in [0.25, 0.3) is 0 Å². The van der Waals surface area contributed by atoms with Crippen LogP contribution in [0.3, 0.4) is 0 Å². The van der Waals surface area contributed by atoms with Gasteiger partial charge in [0.2, 0.25) is 0 Å². The van der Waals surface area contributed by atoms with Gasteiger partial charge in [-0.05, 0) is 50.4 Å². The highest BCUT2D eigenvalue weighted by Gasteiger charge is 2.33. The summed E-state index contributed by atoms with van der Waals surface area (Å²) in [5, 5.41) is 0. The van der Waals surface area contributed by atoms with Crippen molar-refractivity contribution in [3.05, 3.63) is 34.4 Å². The second-order valence-electron chi connectivity index (χ2n) is 5.34. The molecule has 0 bridgehead atoms. The van der Waals surface area contributed by atoms with E-state index in [1.807, 2.05) is 0 Å². The van der Waals surface area contributed by atoms with Crippen LogP contribution < -0.4 is 5.73 Å². The summed E-state index contributed by atoms with van der Waals surface area (Å²) in [6.45, 7) is 11.0. The Morgan fingerprint density at radius 2 is 1.82 bits per heavy atom. The Balaban J connectivity index is 2.45. The largest absolute Gasteiger partial charge is 0.326 e. The van der Waals surface area contributed by atoms with Gasteiger partial charge in [0, 0.05) is 12.6 Å². The lowest BCUT2D eigenvalue weighted by Crippen LogP contribution is -2.32. The van der Waals surface area contributed by atoms with Gasteiger partial charge in [0.25, 0.3) is 0 Å². The standard InChI is InChI=1S/C15H24N2/c1-5-17-7-6-13(16)15(17)14-11(3)8-10(2)9-12(14)4/h8-9,13,15H,5-7,16H2,1-4H3. The molecule has 1 heterocycles. The van der Waals surface area contributed by atoms with Crippen LogP contribution >= 0.6 is 0 Å². The number of hydrogen-bond donors (Lipinski definition) is 1. The van der Waals surface area contributed by atoms with Crippen LogP contribution in [0.15, 0.2) is 12.1 Å². The van der Waals surface area contributed by atoms with E-state index >= 15 is 0 Å². The average molecular weight is 232 g/mol. The van der Waals surface area contributed by atoms with Gasteiger partial charge in [-0.25, -0.2) is 0 Å². The number of nitrogens with zero attached hydrogens (tertiary/aromatic N) is 1. The number of rotatable bonds is 2. The maximum atomic E-state index is 6.31. The van der Waals surface area contributed by atoms with E-state index in [0.29, 0.717) is 6.04 Å². The van der Waals surface area contributed by atoms with Crippen molar-refractivity contribution in [1.29, 1.82) is 0 Å². The van der Waals surface area contributed by atoms with Crippen molar-refractivity contribution in [3.63, 3.8) is 0 Å². The summed E-state index contributed by atoms with van der Waals surface area (Å²) in [5.74, 6) is 0. The zero-order valence-electron chi connectivity index (χ0n) is 11.5. The Kier molecular flexibility index (Phi) is 3.55. The molecular formula is C15H24N2. The SMILES string of the molecule is CCN1CCC(N)C1c1c(C)cc(C)cc1C. The first kappa shape index (κ1) is 12.6. The molecule has 1 aromatic carbocycles. The predicted octanol–water partition coefficient (Wildman–Crippen LogP) is 2.71. The maximum Gasteiger partial charge on any atom is 0.0504 e. The summed E-state index contributed by atoms with van der Waals surface area (Å²) in [7, 11) is 0. The van der Waals surface area contributed by atoms with Crippen LogP contribution in [0.4, 0.5) is 0 Å². The second-order valence-corrected chi connectivity index (χ2v) is 5.34. The van der Waals surface area contributed by atoms with Gasteiger partial charge in [-0.2, -0.15) is 0 Å². The fourth-order valence-electron chi connectivity index (χ4n) is 3.29. The van der Waals surface area contributed by atoms with E-state index in [1.165, 1.54) is 22.3 Å². The molecule has 2 unspecified atom stereocenters. The first-order chi connectivity index (χ1) is 8.04. The molecule has 1 fully saturated rings. The molecule has 17 heavy (non-hydrogen) atoms. The molecule has 0 aliphatic carbocycles. The lowest BCUT2D eigenvalue weighted by Gasteiger charge is -2.29. The minimum absolute atomic E-state index is 0.287. The smallest absolute Gasteiger partial charge is 0.0504 e. The lowest BCUT2D eigenvalue weighted by molar-refractivity contribution is 0.259. The van der Waals surface area contributed by atoms with Crippen LogP contribution in [0.2, 0.25) is 0 Å². The lowest BCUT2D eigenvalue weighted by atomic mass is 9.91. The van der Waals surface area contributed by atoms with E-state index < -0.39 is 0 Å². The summed E-state index contributed by atoms with van der Waals surface area (Å²) >= 11 is 0. The van der Waals surface area contributed by atoms with E-state index in [4.69, 9.17) is 5.73 Å². The van der Waals surface area contributed by atoms with Crippen LogP contribution in [0.5, 0.6) is 0 Å². The minimum Gasteiger partial charge on any atom is -0.326 e. The highest BCUT2D eigenvalue weighted by Crippen LogP contribution is 2.35. The highest BCUT2D eigenvalue weighted by molar-refractivity contribution is 5.41. The quantitative estimate of drug-likeness (QED) is 0.849. The Morgan fingerprint density at radius 3 is 2.35 bits per heavy atom. The topological polar surface area (TPSA) is 29.3 Å². The van der Waals surface area contributed by atoms with E-state index in [9.17, 15) is 0 Å². The third-order valence-corrected chi connectivity index (χ3v) is 3.99. The minimum atomic E-state index is 0.287. The number of likely N-dealkylation sites (N-methyl/N-ethyl adjacent to an activating group) is 1. The van der Waals surface area contributed by atoms with Crippen molar-refractivity contribution >= 4 is 0 Å². The van der Waals surface area contributed by atoms with Crippen LogP contribution in [0.1, 0.15) is 41.6 Å². The van der Waals surface area contributed by atoms with Crippen LogP contribution in [-0.2, 0) is 0 Å². The molecule has 1 saturated heterocycles. The first-order valence-corrected chi connectivity index (χ1v) is 6.62. The number of hydrogen-bond acceptors (Lipinski definition) is 2. The fraction of sp³-hybridized carbons (Fsp3) is 0.600. The molecule has 2 nitrogen and oxygen atoms in total. The molecule has 0 aromatic heterocycles. The van der Waals surface area contributed by atoms with Gasteiger partial charge in [0.1, 0.15) is 0 Å². The third-order valence-electron chi connectivity index (χ3n) is 3.99. The zero-order chi connectivity index (χ0) is 12.6. The van der Waals surface area contributed by atoms with E-state index in [1.54, 1.807) is 0 Å². The Hall–Kier alpha value is -0.860. The maximum absolute atomic E-state index is 6.31. The van der Waals surface area contributed by atoms with E-state index in [2.05, 4.69) is 44.7 Å². The molecule has 2 rings (SSSR count). The summed E-state index contributed by atoms with van der Waals surface area (Å²) in [6, 6.07) is 5.26. The fourth-order valence-corrected chi connectivity index (χ4v) is 3.29. The van der Waals surface area contributed by atoms with Crippen molar-refractivity contribution in [1.82, 2.24) is 4.90 Å². The Labute approximate surface area is 105 Å². The van der Waals surface area contributed by atoms with Gasteiger partial charge in [-0.15, -0.1) is 0 Å². The number of nitrogens with two attached hydrogens (primary N) is 1. The average Bonchev–Trinajstić information content (AvgIpc) is 2.59. The summed E-state index contributed by atoms with van der Waals surface area (Å²) in [4.78, 5) is 2.51. The number of likely N-dealkylation sites (tertiary alicyclic amines) is 1. The van der Waals surface area contributed by atoms with Crippen molar-refractivity contribution in [2.45, 2.75) is 46.2 Å². The van der Waals surface area contributed by atoms with Crippen molar-refractivity contribution in [2.24, 2.45) is 5.73 Å².